The molecule has 1 aromatic heterocycles. The number of aromatic amines is 1. The second-order valence-electron chi connectivity index (χ2n) is 8.81. The number of rotatable bonds is 4. The van der Waals surface area contributed by atoms with Gasteiger partial charge in [-0.1, -0.05) is 32.0 Å². The molecule has 4 nitrogen and oxygen atoms in total. The Morgan fingerprint density at radius 3 is 2.67 bits per heavy atom. The minimum absolute atomic E-state index is 0.170. The van der Waals surface area contributed by atoms with Crippen molar-refractivity contribution in [1.82, 2.24) is 15.2 Å². The molecule has 1 aromatic carbocycles. The van der Waals surface area contributed by atoms with Crippen LogP contribution in [0.15, 0.2) is 24.3 Å². The zero-order chi connectivity index (χ0) is 19.0. The molecule has 0 spiro atoms. The maximum Gasteiger partial charge on any atom is 0.226 e. The predicted octanol–water partition coefficient (Wildman–Crippen LogP) is 4.28. The summed E-state index contributed by atoms with van der Waals surface area (Å²) in [5.74, 6) is 1.74. The Labute approximate surface area is 162 Å². The van der Waals surface area contributed by atoms with Gasteiger partial charge in [-0.05, 0) is 69.2 Å². The minimum Gasteiger partial charge on any atom is -0.356 e. The first-order valence-electron chi connectivity index (χ1n) is 10.6. The quantitative estimate of drug-likeness (QED) is 0.847. The first kappa shape index (κ1) is 18.5. The van der Waals surface area contributed by atoms with Crippen molar-refractivity contribution in [2.75, 3.05) is 20.1 Å². The highest BCUT2D eigenvalue weighted by Gasteiger charge is 2.38. The van der Waals surface area contributed by atoms with Crippen LogP contribution in [0, 0.1) is 17.8 Å². The predicted molar refractivity (Wildman–Crippen MR) is 111 cm³/mol. The number of nitrogens with one attached hydrogen (secondary N) is 2. The van der Waals surface area contributed by atoms with Gasteiger partial charge in [0, 0.05) is 29.1 Å². The molecular weight excluding hydrogens is 334 g/mol. The van der Waals surface area contributed by atoms with Crippen LogP contribution in [0.2, 0.25) is 0 Å². The SMILES string of the molecule is CNCC1CCC(C(=O)N2CCc3c([nH]c4ccccc34)C2C(C)C)CC1. The molecule has 1 aliphatic heterocycles. The summed E-state index contributed by atoms with van der Waals surface area (Å²) in [6.07, 6.45) is 5.41. The summed E-state index contributed by atoms with van der Waals surface area (Å²) in [6.45, 7) is 6.43. The molecule has 0 saturated heterocycles. The Morgan fingerprint density at radius 2 is 1.96 bits per heavy atom. The summed E-state index contributed by atoms with van der Waals surface area (Å²) < 4.78 is 0. The van der Waals surface area contributed by atoms with Crippen LogP contribution in [0.25, 0.3) is 10.9 Å². The van der Waals surface area contributed by atoms with Gasteiger partial charge < -0.3 is 15.2 Å². The first-order chi connectivity index (χ1) is 13.1. The Hall–Kier alpha value is -1.81. The van der Waals surface area contributed by atoms with Crippen molar-refractivity contribution < 1.29 is 4.79 Å². The van der Waals surface area contributed by atoms with Gasteiger partial charge in [0.05, 0.1) is 6.04 Å². The number of H-pyrrole nitrogens is 1. The zero-order valence-corrected chi connectivity index (χ0v) is 16.9. The van der Waals surface area contributed by atoms with Gasteiger partial charge in [-0.3, -0.25) is 4.79 Å². The van der Waals surface area contributed by atoms with E-state index in [1.54, 1.807) is 0 Å². The van der Waals surface area contributed by atoms with Crippen LogP contribution < -0.4 is 5.32 Å². The molecule has 1 amide bonds. The molecule has 146 valence electrons. The number of nitrogens with zero attached hydrogens (tertiary/aromatic N) is 1. The summed E-state index contributed by atoms with van der Waals surface area (Å²) >= 11 is 0. The van der Waals surface area contributed by atoms with Gasteiger partial charge in [0.2, 0.25) is 5.91 Å². The molecule has 1 aliphatic carbocycles. The molecule has 27 heavy (non-hydrogen) atoms. The third kappa shape index (κ3) is 3.40. The van der Waals surface area contributed by atoms with Crippen LogP contribution in [0.1, 0.15) is 56.8 Å². The van der Waals surface area contributed by atoms with E-state index in [2.05, 4.69) is 53.3 Å². The number of fused-ring (bicyclic) bond motifs is 3. The van der Waals surface area contributed by atoms with E-state index < -0.39 is 0 Å². The van der Waals surface area contributed by atoms with E-state index in [1.807, 2.05) is 7.05 Å². The van der Waals surface area contributed by atoms with Crippen molar-refractivity contribution in [3.63, 3.8) is 0 Å². The van der Waals surface area contributed by atoms with Crippen LogP contribution in [-0.2, 0) is 11.2 Å². The van der Waals surface area contributed by atoms with Gasteiger partial charge in [-0.2, -0.15) is 0 Å². The smallest absolute Gasteiger partial charge is 0.226 e. The lowest BCUT2D eigenvalue weighted by Gasteiger charge is -2.41. The molecule has 2 aromatic rings. The van der Waals surface area contributed by atoms with E-state index in [1.165, 1.54) is 35.0 Å². The number of hydrogen-bond donors (Lipinski definition) is 2. The summed E-state index contributed by atoms with van der Waals surface area (Å²) in [7, 11) is 2.02. The second kappa shape index (κ2) is 7.67. The normalized spacial score (nSPS) is 25.8. The highest BCUT2D eigenvalue weighted by atomic mass is 16.2. The summed E-state index contributed by atoms with van der Waals surface area (Å²) in [4.78, 5) is 19.3. The molecule has 1 saturated carbocycles. The summed E-state index contributed by atoms with van der Waals surface area (Å²) in [5.41, 5.74) is 3.90. The third-order valence-corrected chi connectivity index (χ3v) is 6.68. The monoisotopic (exact) mass is 367 g/mol. The second-order valence-corrected chi connectivity index (χ2v) is 8.81. The van der Waals surface area contributed by atoms with Crippen molar-refractivity contribution in [2.24, 2.45) is 17.8 Å². The zero-order valence-electron chi connectivity index (χ0n) is 16.9. The number of carbonyl (C=O) groups excluding carboxylic acids is 1. The van der Waals surface area contributed by atoms with E-state index in [-0.39, 0.29) is 12.0 Å². The van der Waals surface area contributed by atoms with E-state index in [0.717, 1.165) is 38.3 Å². The van der Waals surface area contributed by atoms with Gasteiger partial charge in [0.25, 0.3) is 0 Å². The van der Waals surface area contributed by atoms with Crippen LogP contribution >= 0.6 is 0 Å². The average Bonchev–Trinajstić information content (AvgIpc) is 3.06. The fourth-order valence-electron chi connectivity index (χ4n) is 5.35. The highest BCUT2D eigenvalue weighted by Crippen LogP contribution is 2.40. The molecule has 4 rings (SSSR count). The average molecular weight is 368 g/mol. The number of aromatic nitrogens is 1. The molecular formula is C23H33N3O. The molecule has 2 aliphatic rings. The third-order valence-electron chi connectivity index (χ3n) is 6.68. The largest absolute Gasteiger partial charge is 0.356 e. The maximum absolute atomic E-state index is 13.5. The van der Waals surface area contributed by atoms with E-state index in [4.69, 9.17) is 0 Å². The Balaban J connectivity index is 1.57. The molecule has 4 heteroatoms. The maximum atomic E-state index is 13.5. The molecule has 0 radical (unpaired) electrons. The lowest BCUT2D eigenvalue weighted by atomic mass is 9.80. The number of hydrogen-bond acceptors (Lipinski definition) is 2. The lowest BCUT2D eigenvalue weighted by Crippen LogP contribution is -2.45. The standard InChI is InChI=1S/C23H33N3O/c1-15(2)22-21-19(18-6-4-5-7-20(18)25-21)12-13-26(22)23(27)17-10-8-16(9-11-17)14-24-3/h4-7,15-17,22,24-25H,8-14H2,1-3H3. The van der Waals surface area contributed by atoms with Gasteiger partial charge in [-0.25, -0.2) is 0 Å². The van der Waals surface area contributed by atoms with Crippen molar-refractivity contribution >= 4 is 16.8 Å². The van der Waals surface area contributed by atoms with Gasteiger partial charge in [0.15, 0.2) is 0 Å². The molecule has 0 bridgehead atoms. The summed E-state index contributed by atoms with van der Waals surface area (Å²) in [6, 6.07) is 8.73. The molecule has 1 unspecified atom stereocenters. The van der Waals surface area contributed by atoms with Crippen molar-refractivity contribution in [3.8, 4) is 0 Å². The van der Waals surface area contributed by atoms with E-state index >= 15 is 0 Å². The Bertz CT molecular complexity index is 801. The fraction of sp³-hybridized carbons (Fsp3) is 0.609. The van der Waals surface area contributed by atoms with E-state index in [9.17, 15) is 4.79 Å². The lowest BCUT2D eigenvalue weighted by molar-refractivity contribution is -0.141. The van der Waals surface area contributed by atoms with Gasteiger partial charge in [0.1, 0.15) is 0 Å². The van der Waals surface area contributed by atoms with Crippen molar-refractivity contribution in [1.29, 1.82) is 0 Å². The van der Waals surface area contributed by atoms with Gasteiger partial charge in [-0.15, -0.1) is 0 Å². The van der Waals surface area contributed by atoms with E-state index in [0.29, 0.717) is 11.8 Å². The van der Waals surface area contributed by atoms with Gasteiger partial charge >= 0.3 is 0 Å². The number of carbonyl (C=O) groups is 1. The highest BCUT2D eigenvalue weighted by molar-refractivity contribution is 5.86. The molecule has 1 atom stereocenters. The molecule has 2 N–H and O–H groups in total. The van der Waals surface area contributed by atoms with Crippen LogP contribution in [0.5, 0.6) is 0 Å². The number of benzene rings is 1. The minimum atomic E-state index is 0.170. The summed E-state index contributed by atoms with van der Waals surface area (Å²) in [5, 5.41) is 4.62. The fourth-order valence-corrected chi connectivity index (χ4v) is 5.35. The van der Waals surface area contributed by atoms with Crippen molar-refractivity contribution in [2.45, 2.75) is 52.0 Å². The van der Waals surface area contributed by atoms with Crippen molar-refractivity contribution in [3.05, 3.63) is 35.5 Å². The molecule has 2 heterocycles. The number of para-hydroxylation sites is 1. The topological polar surface area (TPSA) is 48.1 Å². The van der Waals surface area contributed by atoms with Crippen LogP contribution in [0.4, 0.5) is 0 Å². The molecule has 1 fully saturated rings. The Kier molecular flexibility index (Phi) is 5.27. The van der Waals surface area contributed by atoms with Crippen LogP contribution in [-0.4, -0.2) is 35.9 Å². The Morgan fingerprint density at radius 1 is 1.22 bits per heavy atom. The van der Waals surface area contributed by atoms with Crippen LogP contribution in [0.3, 0.4) is 0 Å². The number of amides is 1. The first-order valence-corrected chi connectivity index (χ1v) is 10.6.